The number of carbonyl (C=O) groups excluding carboxylic acids is 5. The molecule has 0 bridgehead atoms. The molecule has 0 aromatic rings. The zero-order valence-electron chi connectivity index (χ0n) is 33.8. The van der Waals surface area contributed by atoms with Crippen LogP contribution in [0.1, 0.15) is 213 Å². The molecule has 0 aliphatic rings. The highest BCUT2D eigenvalue weighted by atomic mass is 16.6. The van der Waals surface area contributed by atoms with Crippen LogP contribution in [0.4, 0.5) is 0 Å². The summed E-state index contributed by atoms with van der Waals surface area (Å²) in [5.41, 5.74) is -2.13. The summed E-state index contributed by atoms with van der Waals surface area (Å²) in [6.07, 6.45) is 28.7. The van der Waals surface area contributed by atoms with Crippen LogP contribution in [-0.4, -0.2) is 62.0 Å². The van der Waals surface area contributed by atoms with Crippen LogP contribution in [0.15, 0.2) is 0 Å². The first-order valence-electron chi connectivity index (χ1n) is 21.4. The van der Waals surface area contributed by atoms with E-state index in [1.54, 1.807) is 0 Å². The van der Waals surface area contributed by atoms with Crippen molar-refractivity contribution in [1.82, 2.24) is 0 Å². The lowest BCUT2D eigenvalue weighted by Crippen LogP contribution is -2.47. The van der Waals surface area contributed by atoms with Gasteiger partial charge in [-0.2, -0.15) is 0 Å². The number of aldehydes is 1. The second-order valence-electron chi connectivity index (χ2n) is 14.6. The molecule has 1 unspecified atom stereocenters. The van der Waals surface area contributed by atoms with Crippen LogP contribution in [0.2, 0.25) is 0 Å². The molecule has 0 fully saturated rings. The van der Waals surface area contributed by atoms with E-state index in [-0.39, 0.29) is 38.4 Å². The Kier molecular flexibility index (Phi) is 35.4. The van der Waals surface area contributed by atoms with Crippen molar-refractivity contribution < 1.29 is 42.9 Å². The number of esters is 3. The summed E-state index contributed by atoms with van der Waals surface area (Å²) in [6, 6.07) is 0. The minimum absolute atomic E-state index is 0.0932. The number of ether oxygens (including phenoxy) is 4. The lowest BCUT2D eigenvalue weighted by atomic mass is 9.95. The van der Waals surface area contributed by atoms with Crippen LogP contribution >= 0.6 is 0 Å². The molecule has 9 nitrogen and oxygen atoms in total. The molecule has 52 heavy (non-hydrogen) atoms. The van der Waals surface area contributed by atoms with Gasteiger partial charge in [0.2, 0.25) is 5.60 Å². The van der Waals surface area contributed by atoms with Crippen LogP contribution in [-0.2, 0) is 42.9 Å². The molecule has 0 aromatic heterocycles. The molecule has 0 aromatic carbocycles. The number of Topliss-reactive ketones (excluding diaryl/α,β-unsaturated/α-hetero) is 1. The van der Waals surface area contributed by atoms with E-state index in [1.807, 2.05) is 6.92 Å². The minimum atomic E-state index is -2.13. The van der Waals surface area contributed by atoms with Crippen LogP contribution < -0.4 is 0 Å². The van der Waals surface area contributed by atoms with Crippen LogP contribution in [0.5, 0.6) is 0 Å². The summed E-state index contributed by atoms with van der Waals surface area (Å²) in [6.45, 7) is 7.11. The third-order valence-electron chi connectivity index (χ3n) is 9.53. The molecule has 0 saturated carbocycles. The first-order valence-corrected chi connectivity index (χ1v) is 21.4. The van der Waals surface area contributed by atoms with Gasteiger partial charge in [0.25, 0.3) is 0 Å². The Labute approximate surface area is 317 Å². The van der Waals surface area contributed by atoms with Gasteiger partial charge in [-0.05, 0) is 19.3 Å². The molecule has 0 N–H and O–H groups in total. The second kappa shape index (κ2) is 37.0. The van der Waals surface area contributed by atoms with E-state index in [2.05, 4.69) is 13.8 Å². The largest absolute Gasteiger partial charge is 0.466 e. The molecule has 0 amide bonds. The number of unbranched alkanes of at least 4 members (excludes halogenated alkanes) is 23. The van der Waals surface area contributed by atoms with Crippen molar-refractivity contribution in [3.05, 3.63) is 0 Å². The normalized spacial score (nSPS) is 12.3. The van der Waals surface area contributed by atoms with Crippen molar-refractivity contribution >= 4 is 30.0 Å². The van der Waals surface area contributed by atoms with E-state index in [9.17, 15) is 24.0 Å². The van der Waals surface area contributed by atoms with Crippen LogP contribution in [0.25, 0.3) is 0 Å². The molecule has 0 radical (unpaired) electrons. The number of hydrogen-bond donors (Lipinski definition) is 0. The fraction of sp³-hybridized carbons (Fsp3) is 0.884. The average Bonchev–Trinajstić information content (AvgIpc) is 3.13. The van der Waals surface area contributed by atoms with E-state index >= 15 is 0 Å². The molecule has 0 spiro atoms. The Morgan fingerprint density at radius 1 is 0.481 bits per heavy atom. The summed E-state index contributed by atoms with van der Waals surface area (Å²) < 4.78 is 21.8. The molecule has 9 heteroatoms. The molecule has 0 heterocycles. The fourth-order valence-corrected chi connectivity index (χ4v) is 6.15. The molecule has 304 valence electrons. The lowest BCUT2D eigenvalue weighted by molar-refractivity contribution is -0.188. The number of carbonyl (C=O) groups is 5. The maximum absolute atomic E-state index is 13.4. The molecular formula is C43H78O9. The molecule has 0 rings (SSSR count). The summed E-state index contributed by atoms with van der Waals surface area (Å²) in [7, 11) is 0. The summed E-state index contributed by atoms with van der Waals surface area (Å²) >= 11 is 0. The third-order valence-corrected chi connectivity index (χ3v) is 9.53. The predicted octanol–water partition coefficient (Wildman–Crippen LogP) is 10.9. The van der Waals surface area contributed by atoms with Crippen molar-refractivity contribution in [2.75, 3.05) is 26.4 Å². The van der Waals surface area contributed by atoms with E-state index in [0.717, 1.165) is 51.4 Å². The second-order valence-corrected chi connectivity index (χ2v) is 14.6. The zero-order chi connectivity index (χ0) is 38.4. The van der Waals surface area contributed by atoms with Gasteiger partial charge in [-0.3, -0.25) is 14.4 Å². The van der Waals surface area contributed by atoms with Gasteiger partial charge in [-0.25, -0.2) is 4.79 Å². The van der Waals surface area contributed by atoms with Crippen molar-refractivity contribution in [2.45, 2.75) is 219 Å². The van der Waals surface area contributed by atoms with E-state index in [4.69, 9.17) is 18.9 Å². The van der Waals surface area contributed by atoms with Crippen molar-refractivity contribution in [3.8, 4) is 0 Å². The molecule has 0 aliphatic heterocycles. The Morgan fingerprint density at radius 2 is 0.904 bits per heavy atom. The highest BCUT2D eigenvalue weighted by Gasteiger charge is 2.46. The third kappa shape index (κ3) is 30.2. The van der Waals surface area contributed by atoms with Gasteiger partial charge in [0, 0.05) is 13.0 Å². The van der Waals surface area contributed by atoms with Gasteiger partial charge in [0.05, 0.1) is 32.5 Å². The Bertz CT molecular complexity index is 890. The van der Waals surface area contributed by atoms with Crippen LogP contribution in [0.3, 0.4) is 0 Å². The monoisotopic (exact) mass is 739 g/mol. The predicted molar refractivity (Wildman–Crippen MR) is 208 cm³/mol. The Morgan fingerprint density at radius 3 is 1.35 bits per heavy atom. The topological polar surface area (TPSA) is 122 Å². The van der Waals surface area contributed by atoms with Crippen molar-refractivity contribution in [2.24, 2.45) is 0 Å². The Hall–Kier alpha value is -2.29. The van der Waals surface area contributed by atoms with Crippen molar-refractivity contribution in [3.63, 3.8) is 0 Å². The number of ketones is 1. The summed E-state index contributed by atoms with van der Waals surface area (Å²) in [5, 5.41) is 0. The highest BCUT2D eigenvalue weighted by Crippen LogP contribution is 2.25. The molecule has 0 saturated heterocycles. The first-order chi connectivity index (χ1) is 25.3. The maximum atomic E-state index is 13.4. The first kappa shape index (κ1) is 49.7. The standard InChI is InChI=1S/C43H78O9/c1-4-7-10-12-14-16-18-20-22-24-26-28-35-50-41(47)37-43(32-33-44,52-40(46)31-30-39(45)38-49-34-9-6-3)42(48)51-36-29-27-25-23-21-19-17-15-13-11-8-5-2/h33H,4-32,34-38H2,1-3H3. The average molecular weight is 739 g/mol. The van der Waals surface area contributed by atoms with Crippen molar-refractivity contribution in [1.29, 1.82) is 0 Å². The summed E-state index contributed by atoms with van der Waals surface area (Å²) in [5.74, 6) is -2.81. The van der Waals surface area contributed by atoms with Gasteiger partial charge < -0.3 is 23.7 Å². The van der Waals surface area contributed by atoms with Gasteiger partial charge in [-0.1, -0.05) is 168 Å². The van der Waals surface area contributed by atoms with Crippen LogP contribution in [0, 0.1) is 0 Å². The fourth-order valence-electron chi connectivity index (χ4n) is 6.15. The lowest BCUT2D eigenvalue weighted by Gasteiger charge is -2.29. The van der Waals surface area contributed by atoms with E-state index in [0.29, 0.717) is 25.7 Å². The quantitative estimate of drug-likeness (QED) is 0.0261. The number of hydrogen-bond acceptors (Lipinski definition) is 9. The Balaban J connectivity index is 4.84. The van der Waals surface area contributed by atoms with Gasteiger partial charge in [-0.15, -0.1) is 0 Å². The SMILES string of the molecule is CCCCCCCCCCCCCCOC(=O)CC(CC=O)(OC(=O)CCC(=O)COCCCC)C(=O)OCCCCCCCCCCCCCC. The van der Waals surface area contributed by atoms with Gasteiger partial charge in [0.15, 0.2) is 5.78 Å². The molecule has 0 aliphatic carbocycles. The number of rotatable bonds is 40. The van der Waals surface area contributed by atoms with E-state index < -0.39 is 36.4 Å². The van der Waals surface area contributed by atoms with Gasteiger partial charge in [0.1, 0.15) is 12.9 Å². The molecule has 1 atom stereocenters. The maximum Gasteiger partial charge on any atom is 0.351 e. The van der Waals surface area contributed by atoms with E-state index in [1.165, 1.54) is 103 Å². The smallest absolute Gasteiger partial charge is 0.351 e. The molecular weight excluding hydrogens is 660 g/mol. The summed E-state index contributed by atoms with van der Waals surface area (Å²) in [4.78, 5) is 63.2. The zero-order valence-corrected chi connectivity index (χ0v) is 33.8. The minimum Gasteiger partial charge on any atom is -0.466 e. The van der Waals surface area contributed by atoms with Gasteiger partial charge >= 0.3 is 17.9 Å². The highest BCUT2D eigenvalue weighted by molar-refractivity contribution is 5.91.